The second-order valence-electron chi connectivity index (χ2n) is 5.29. The molecular formula is C14H20N4S. The average molecular weight is 276 g/mol. The summed E-state index contributed by atoms with van der Waals surface area (Å²) in [6.45, 7) is 1.94. The summed E-state index contributed by atoms with van der Waals surface area (Å²) in [7, 11) is 1.93. The van der Waals surface area contributed by atoms with Crippen molar-refractivity contribution in [3.8, 4) is 0 Å². The fourth-order valence-electron chi connectivity index (χ4n) is 2.37. The molecule has 1 aliphatic rings. The lowest BCUT2D eigenvalue weighted by Gasteiger charge is -2.24. The average Bonchev–Trinajstić information content (AvgIpc) is 2.94. The summed E-state index contributed by atoms with van der Waals surface area (Å²) in [6, 6.07) is 5.10. The molecule has 0 bridgehead atoms. The van der Waals surface area contributed by atoms with Crippen LogP contribution in [-0.2, 0) is 13.6 Å². The highest BCUT2D eigenvalue weighted by molar-refractivity contribution is 7.09. The highest BCUT2D eigenvalue weighted by Crippen LogP contribution is 2.30. The van der Waals surface area contributed by atoms with E-state index in [2.05, 4.69) is 27.5 Å². The SMILES string of the molecule is Cn1cc(C(N)CN(Cc2cccs2)C2CC2)cn1. The Hall–Kier alpha value is -1.17. The number of nitrogens with two attached hydrogens (primary N) is 1. The number of nitrogens with zero attached hydrogens (tertiary/aromatic N) is 3. The summed E-state index contributed by atoms with van der Waals surface area (Å²) in [5.74, 6) is 0. The first-order valence-corrected chi connectivity index (χ1v) is 7.61. The first-order valence-electron chi connectivity index (χ1n) is 6.73. The maximum Gasteiger partial charge on any atom is 0.0537 e. The zero-order valence-corrected chi connectivity index (χ0v) is 12.0. The van der Waals surface area contributed by atoms with E-state index in [0.29, 0.717) is 0 Å². The van der Waals surface area contributed by atoms with E-state index in [-0.39, 0.29) is 6.04 Å². The minimum absolute atomic E-state index is 0.0502. The van der Waals surface area contributed by atoms with Gasteiger partial charge in [0.05, 0.1) is 6.20 Å². The third-order valence-electron chi connectivity index (χ3n) is 3.59. The smallest absolute Gasteiger partial charge is 0.0537 e. The number of thiophene rings is 1. The summed E-state index contributed by atoms with van der Waals surface area (Å²) < 4.78 is 1.82. The van der Waals surface area contributed by atoms with E-state index in [9.17, 15) is 0 Å². The van der Waals surface area contributed by atoms with Crippen molar-refractivity contribution in [3.63, 3.8) is 0 Å². The lowest BCUT2D eigenvalue weighted by atomic mass is 10.1. The van der Waals surface area contributed by atoms with Crippen molar-refractivity contribution in [3.05, 3.63) is 40.3 Å². The van der Waals surface area contributed by atoms with Crippen LogP contribution < -0.4 is 5.73 Å². The largest absolute Gasteiger partial charge is 0.323 e. The summed E-state index contributed by atoms with van der Waals surface area (Å²) in [4.78, 5) is 3.94. The molecule has 0 amide bonds. The third-order valence-corrected chi connectivity index (χ3v) is 4.45. The van der Waals surface area contributed by atoms with Gasteiger partial charge in [-0.15, -0.1) is 11.3 Å². The number of rotatable bonds is 6. The van der Waals surface area contributed by atoms with Gasteiger partial charge in [0.25, 0.3) is 0 Å². The van der Waals surface area contributed by atoms with Crippen LogP contribution in [0.2, 0.25) is 0 Å². The molecule has 1 fully saturated rings. The van der Waals surface area contributed by atoms with Crippen LogP contribution in [0.3, 0.4) is 0 Å². The molecule has 19 heavy (non-hydrogen) atoms. The van der Waals surface area contributed by atoms with Crippen molar-refractivity contribution in [2.75, 3.05) is 6.54 Å². The van der Waals surface area contributed by atoms with Gasteiger partial charge in [-0.25, -0.2) is 0 Å². The first kappa shape index (κ1) is 12.8. The van der Waals surface area contributed by atoms with Crippen LogP contribution in [0, 0.1) is 0 Å². The molecule has 0 saturated heterocycles. The zero-order valence-electron chi connectivity index (χ0n) is 11.2. The second kappa shape index (κ2) is 5.45. The Kier molecular flexibility index (Phi) is 3.68. The van der Waals surface area contributed by atoms with E-state index < -0.39 is 0 Å². The zero-order chi connectivity index (χ0) is 13.2. The van der Waals surface area contributed by atoms with Crippen LogP contribution in [0.1, 0.15) is 29.3 Å². The van der Waals surface area contributed by atoms with Crippen LogP contribution in [-0.4, -0.2) is 27.3 Å². The molecule has 1 atom stereocenters. The first-order chi connectivity index (χ1) is 9.22. The Balaban J connectivity index is 1.64. The number of aryl methyl sites for hydroxylation is 1. The molecule has 0 aliphatic heterocycles. The minimum Gasteiger partial charge on any atom is -0.323 e. The Bertz CT molecular complexity index is 515. The van der Waals surface area contributed by atoms with Crippen molar-refractivity contribution < 1.29 is 0 Å². The monoisotopic (exact) mass is 276 g/mol. The molecule has 3 rings (SSSR count). The van der Waals surface area contributed by atoms with Crippen LogP contribution in [0.5, 0.6) is 0 Å². The molecule has 2 aromatic heterocycles. The molecule has 0 spiro atoms. The summed E-state index contributed by atoms with van der Waals surface area (Å²) >= 11 is 1.82. The van der Waals surface area contributed by atoms with E-state index in [0.717, 1.165) is 24.7 Å². The maximum absolute atomic E-state index is 6.31. The van der Waals surface area contributed by atoms with Crippen molar-refractivity contribution in [2.45, 2.75) is 31.5 Å². The molecule has 0 aromatic carbocycles. The van der Waals surface area contributed by atoms with Crippen LogP contribution in [0.4, 0.5) is 0 Å². The Morgan fingerprint density at radius 1 is 1.58 bits per heavy atom. The minimum atomic E-state index is 0.0502. The van der Waals surface area contributed by atoms with Crippen LogP contribution in [0.25, 0.3) is 0 Å². The highest BCUT2D eigenvalue weighted by atomic mass is 32.1. The van der Waals surface area contributed by atoms with E-state index in [4.69, 9.17) is 5.73 Å². The molecule has 4 nitrogen and oxygen atoms in total. The molecule has 1 unspecified atom stereocenters. The fourth-order valence-corrected chi connectivity index (χ4v) is 3.10. The molecule has 2 aromatic rings. The van der Waals surface area contributed by atoms with E-state index in [1.54, 1.807) is 0 Å². The molecule has 2 heterocycles. The summed E-state index contributed by atoms with van der Waals surface area (Å²) in [5.41, 5.74) is 7.44. The van der Waals surface area contributed by atoms with Gasteiger partial charge in [-0.3, -0.25) is 9.58 Å². The van der Waals surface area contributed by atoms with Crippen LogP contribution >= 0.6 is 11.3 Å². The Morgan fingerprint density at radius 2 is 2.42 bits per heavy atom. The predicted octanol–water partition coefficient (Wildman–Crippen LogP) is 2.15. The van der Waals surface area contributed by atoms with Gasteiger partial charge in [-0.05, 0) is 24.3 Å². The molecule has 1 aliphatic carbocycles. The number of hydrogen-bond acceptors (Lipinski definition) is 4. The number of aromatic nitrogens is 2. The molecule has 0 radical (unpaired) electrons. The van der Waals surface area contributed by atoms with Gasteiger partial charge in [0.1, 0.15) is 0 Å². The van der Waals surface area contributed by atoms with E-state index in [1.807, 2.05) is 35.5 Å². The molecule has 1 saturated carbocycles. The predicted molar refractivity (Wildman–Crippen MR) is 77.9 cm³/mol. The lowest BCUT2D eigenvalue weighted by Crippen LogP contribution is -2.33. The van der Waals surface area contributed by atoms with E-state index in [1.165, 1.54) is 17.7 Å². The lowest BCUT2D eigenvalue weighted by molar-refractivity contribution is 0.241. The molecular weight excluding hydrogens is 256 g/mol. The molecule has 102 valence electrons. The molecule has 5 heteroatoms. The van der Waals surface area contributed by atoms with Gasteiger partial charge in [0, 0.05) is 48.9 Å². The Morgan fingerprint density at radius 3 is 3.00 bits per heavy atom. The Labute approximate surface area is 117 Å². The summed E-state index contributed by atoms with van der Waals surface area (Å²) in [5, 5.41) is 6.34. The summed E-state index contributed by atoms with van der Waals surface area (Å²) in [6.07, 6.45) is 6.51. The standard InChI is InChI=1S/C14H20N4S/c1-17-8-11(7-16-17)14(15)10-18(12-4-5-12)9-13-3-2-6-19-13/h2-3,6-8,12,14H,4-5,9-10,15H2,1H3. The van der Waals surface area contributed by atoms with Crippen molar-refractivity contribution in [2.24, 2.45) is 12.8 Å². The fraction of sp³-hybridized carbons (Fsp3) is 0.500. The third kappa shape index (κ3) is 3.23. The van der Waals surface area contributed by atoms with Gasteiger partial charge < -0.3 is 5.73 Å². The number of hydrogen-bond donors (Lipinski definition) is 1. The topological polar surface area (TPSA) is 47.1 Å². The van der Waals surface area contributed by atoms with E-state index >= 15 is 0 Å². The van der Waals surface area contributed by atoms with Crippen molar-refractivity contribution >= 4 is 11.3 Å². The van der Waals surface area contributed by atoms with Gasteiger partial charge in [0.2, 0.25) is 0 Å². The van der Waals surface area contributed by atoms with Gasteiger partial charge >= 0.3 is 0 Å². The van der Waals surface area contributed by atoms with Crippen LogP contribution in [0.15, 0.2) is 29.9 Å². The van der Waals surface area contributed by atoms with Crippen molar-refractivity contribution in [1.29, 1.82) is 0 Å². The normalized spacial score (nSPS) is 17.0. The van der Waals surface area contributed by atoms with Crippen molar-refractivity contribution in [1.82, 2.24) is 14.7 Å². The second-order valence-corrected chi connectivity index (χ2v) is 6.33. The highest BCUT2D eigenvalue weighted by Gasteiger charge is 2.30. The van der Waals surface area contributed by atoms with Gasteiger partial charge in [-0.2, -0.15) is 5.10 Å². The molecule has 2 N–H and O–H groups in total. The van der Waals surface area contributed by atoms with Gasteiger partial charge in [-0.1, -0.05) is 6.07 Å². The maximum atomic E-state index is 6.31. The van der Waals surface area contributed by atoms with Gasteiger partial charge in [0.15, 0.2) is 0 Å². The quantitative estimate of drug-likeness (QED) is 0.879.